The summed E-state index contributed by atoms with van der Waals surface area (Å²) < 4.78 is 7.98. The van der Waals surface area contributed by atoms with E-state index in [2.05, 4.69) is 5.10 Å². The van der Waals surface area contributed by atoms with Crippen molar-refractivity contribution in [3.8, 4) is 5.69 Å². The van der Waals surface area contributed by atoms with E-state index in [1.165, 1.54) is 10.7 Å². The molecule has 0 fully saturated rings. The van der Waals surface area contributed by atoms with Crippen molar-refractivity contribution in [1.82, 2.24) is 14.3 Å². The van der Waals surface area contributed by atoms with Crippen LogP contribution in [0.4, 0.5) is 0 Å². The number of methoxy groups -OCH3 is 1. The second-order valence-electron chi connectivity index (χ2n) is 5.23. The van der Waals surface area contributed by atoms with Gasteiger partial charge in [0.1, 0.15) is 0 Å². The minimum Gasteiger partial charge on any atom is -0.383 e. The van der Waals surface area contributed by atoms with Gasteiger partial charge < -0.3 is 9.30 Å². The van der Waals surface area contributed by atoms with E-state index in [-0.39, 0.29) is 11.1 Å². The number of pyridine rings is 1. The number of hydrogen-bond donors (Lipinski definition) is 1. The molecule has 0 radical (unpaired) electrons. The molecule has 0 unspecified atom stereocenters. The number of ether oxygens (including phenoxy) is 1. The quantitative estimate of drug-likeness (QED) is 0.795. The van der Waals surface area contributed by atoms with Gasteiger partial charge >= 0.3 is 0 Å². The minimum absolute atomic E-state index is 0.170. The van der Waals surface area contributed by atoms with Gasteiger partial charge in [-0.25, -0.2) is 4.68 Å². The highest BCUT2D eigenvalue weighted by atomic mass is 35.5. The van der Waals surface area contributed by atoms with Crippen molar-refractivity contribution in [2.24, 2.45) is 0 Å². The van der Waals surface area contributed by atoms with Gasteiger partial charge in [-0.1, -0.05) is 11.6 Å². The standard InChI is InChI=1S/C16H16ClN3O3/c1-10-15-13(9-14(21)19(10)7-8-23-2)18-20(16(15)22)12-5-3-11(17)4-6-12/h3-6,9,18H,7-8H2,1-2H3. The predicted octanol–water partition coefficient (Wildman–Crippen LogP) is 2.09. The van der Waals surface area contributed by atoms with Crippen LogP contribution in [0.2, 0.25) is 5.02 Å². The number of aromatic nitrogens is 3. The lowest BCUT2D eigenvalue weighted by atomic mass is 10.2. The molecule has 0 aliphatic rings. The summed E-state index contributed by atoms with van der Waals surface area (Å²) in [5, 5.41) is 4.07. The van der Waals surface area contributed by atoms with Crippen molar-refractivity contribution in [1.29, 1.82) is 0 Å². The van der Waals surface area contributed by atoms with E-state index >= 15 is 0 Å². The molecule has 0 saturated heterocycles. The molecule has 0 atom stereocenters. The molecule has 0 aliphatic heterocycles. The van der Waals surface area contributed by atoms with Crippen molar-refractivity contribution in [3.05, 3.63) is 61.8 Å². The van der Waals surface area contributed by atoms with E-state index in [0.717, 1.165) is 0 Å². The molecule has 3 aromatic rings. The SMILES string of the molecule is COCCn1c(C)c2c(=O)n(-c3ccc(Cl)cc3)[nH]c2cc1=O. The number of fused-ring (bicyclic) bond motifs is 1. The van der Waals surface area contributed by atoms with Gasteiger partial charge in [0.05, 0.1) is 23.2 Å². The molecule has 1 aromatic carbocycles. The average molecular weight is 334 g/mol. The topological polar surface area (TPSA) is 69.0 Å². The van der Waals surface area contributed by atoms with Gasteiger partial charge in [0.2, 0.25) is 0 Å². The Hall–Kier alpha value is -2.31. The average Bonchev–Trinajstić information content (AvgIpc) is 2.84. The Bertz CT molecular complexity index is 967. The molecule has 2 heterocycles. The zero-order valence-electron chi connectivity index (χ0n) is 12.8. The molecule has 0 saturated carbocycles. The van der Waals surface area contributed by atoms with Gasteiger partial charge in [-0.2, -0.15) is 0 Å². The molecular formula is C16H16ClN3O3. The fraction of sp³-hybridized carbons (Fsp3) is 0.250. The molecule has 2 aromatic heterocycles. The van der Waals surface area contributed by atoms with E-state index in [1.54, 1.807) is 42.9 Å². The lowest BCUT2D eigenvalue weighted by Crippen LogP contribution is -2.25. The number of H-pyrrole nitrogens is 1. The molecule has 1 N–H and O–H groups in total. The second kappa shape index (κ2) is 6.06. The number of aryl methyl sites for hydroxylation is 1. The zero-order valence-corrected chi connectivity index (χ0v) is 13.6. The van der Waals surface area contributed by atoms with Crippen LogP contribution in [0.25, 0.3) is 16.6 Å². The first-order valence-electron chi connectivity index (χ1n) is 7.13. The second-order valence-corrected chi connectivity index (χ2v) is 5.67. The van der Waals surface area contributed by atoms with Crippen LogP contribution in [0, 0.1) is 6.92 Å². The number of benzene rings is 1. The Morgan fingerprint density at radius 2 is 1.91 bits per heavy atom. The predicted molar refractivity (Wildman–Crippen MR) is 89.8 cm³/mol. The Morgan fingerprint density at radius 1 is 1.22 bits per heavy atom. The molecule has 0 bridgehead atoms. The third-order valence-corrected chi connectivity index (χ3v) is 4.07. The smallest absolute Gasteiger partial charge is 0.280 e. The lowest BCUT2D eigenvalue weighted by molar-refractivity contribution is 0.185. The van der Waals surface area contributed by atoms with E-state index in [4.69, 9.17) is 16.3 Å². The Labute approximate surface area is 136 Å². The number of hydrogen-bond acceptors (Lipinski definition) is 3. The van der Waals surface area contributed by atoms with Crippen molar-refractivity contribution in [2.75, 3.05) is 13.7 Å². The molecule has 6 nitrogen and oxygen atoms in total. The highest BCUT2D eigenvalue weighted by Crippen LogP contribution is 2.15. The molecule has 3 rings (SSSR count). The maximum atomic E-state index is 12.7. The first-order valence-corrected chi connectivity index (χ1v) is 7.51. The van der Waals surface area contributed by atoms with Crippen LogP contribution in [0.5, 0.6) is 0 Å². The highest BCUT2D eigenvalue weighted by Gasteiger charge is 2.14. The van der Waals surface area contributed by atoms with Crippen LogP contribution in [-0.2, 0) is 11.3 Å². The maximum absolute atomic E-state index is 12.7. The van der Waals surface area contributed by atoms with Crippen molar-refractivity contribution < 1.29 is 4.74 Å². The van der Waals surface area contributed by atoms with Crippen LogP contribution >= 0.6 is 11.6 Å². The number of nitrogens with one attached hydrogen (secondary N) is 1. The zero-order chi connectivity index (χ0) is 16.6. The number of aromatic amines is 1. The summed E-state index contributed by atoms with van der Waals surface area (Å²) >= 11 is 5.88. The van der Waals surface area contributed by atoms with Gasteiger partial charge in [0.25, 0.3) is 11.1 Å². The van der Waals surface area contributed by atoms with Crippen LogP contribution in [0.15, 0.2) is 39.9 Å². The lowest BCUT2D eigenvalue weighted by Gasteiger charge is -2.08. The van der Waals surface area contributed by atoms with Crippen LogP contribution in [0.1, 0.15) is 5.69 Å². The molecule has 0 amide bonds. The van der Waals surface area contributed by atoms with Crippen LogP contribution in [-0.4, -0.2) is 28.1 Å². The molecule has 7 heteroatoms. The van der Waals surface area contributed by atoms with Crippen molar-refractivity contribution in [2.45, 2.75) is 13.5 Å². The fourth-order valence-electron chi connectivity index (χ4n) is 2.64. The maximum Gasteiger partial charge on any atom is 0.280 e. The fourth-order valence-corrected chi connectivity index (χ4v) is 2.77. The van der Waals surface area contributed by atoms with E-state index in [0.29, 0.717) is 40.5 Å². The Morgan fingerprint density at radius 3 is 2.57 bits per heavy atom. The number of rotatable bonds is 4. The summed E-state index contributed by atoms with van der Waals surface area (Å²) in [4.78, 5) is 24.9. The summed E-state index contributed by atoms with van der Waals surface area (Å²) in [7, 11) is 1.57. The van der Waals surface area contributed by atoms with E-state index in [9.17, 15) is 9.59 Å². The molecule has 23 heavy (non-hydrogen) atoms. The largest absolute Gasteiger partial charge is 0.383 e. The minimum atomic E-state index is -0.203. The van der Waals surface area contributed by atoms with E-state index < -0.39 is 0 Å². The normalized spacial score (nSPS) is 11.3. The van der Waals surface area contributed by atoms with Crippen molar-refractivity contribution >= 4 is 22.5 Å². The van der Waals surface area contributed by atoms with Gasteiger partial charge in [0.15, 0.2) is 0 Å². The monoisotopic (exact) mass is 333 g/mol. The first kappa shape index (κ1) is 15.6. The van der Waals surface area contributed by atoms with Gasteiger partial charge in [0, 0.05) is 30.4 Å². The number of nitrogens with zero attached hydrogens (tertiary/aromatic N) is 2. The highest BCUT2D eigenvalue weighted by molar-refractivity contribution is 6.30. The molecule has 0 aliphatic carbocycles. The van der Waals surface area contributed by atoms with Crippen LogP contribution in [0.3, 0.4) is 0 Å². The summed E-state index contributed by atoms with van der Waals surface area (Å²) in [6.07, 6.45) is 0. The summed E-state index contributed by atoms with van der Waals surface area (Å²) in [5.74, 6) is 0. The van der Waals surface area contributed by atoms with Crippen LogP contribution < -0.4 is 11.1 Å². The Kier molecular flexibility index (Phi) is 4.11. The molecule has 0 spiro atoms. The van der Waals surface area contributed by atoms with Gasteiger partial charge in [-0.15, -0.1) is 0 Å². The third-order valence-electron chi connectivity index (χ3n) is 3.82. The molecule has 120 valence electrons. The summed E-state index contributed by atoms with van der Waals surface area (Å²) in [6, 6.07) is 8.34. The molecular weight excluding hydrogens is 318 g/mol. The first-order chi connectivity index (χ1) is 11.0. The Balaban J connectivity index is 2.23. The summed E-state index contributed by atoms with van der Waals surface area (Å²) in [6.45, 7) is 2.57. The van der Waals surface area contributed by atoms with Crippen molar-refractivity contribution in [3.63, 3.8) is 0 Å². The third kappa shape index (κ3) is 2.71. The van der Waals surface area contributed by atoms with Gasteiger partial charge in [-0.3, -0.25) is 14.7 Å². The summed E-state index contributed by atoms with van der Waals surface area (Å²) in [5.41, 5.74) is 1.42. The number of halogens is 1. The van der Waals surface area contributed by atoms with E-state index in [1.807, 2.05) is 0 Å². The van der Waals surface area contributed by atoms with Gasteiger partial charge in [-0.05, 0) is 31.2 Å².